The van der Waals surface area contributed by atoms with Crippen molar-refractivity contribution in [3.05, 3.63) is 65.7 Å². The van der Waals surface area contributed by atoms with Gasteiger partial charge in [0, 0.05) is 19.6 Å². The largest absolute Gasteiger partial charge is 0.484 e. The quantitative estimate of drug-likeness (QED) is 0.778. The van der Waals surface area contributed by atoms with Crippen LogP contribution in [-0.4, -0.2) is 50.3 Å². The smallest absolute Gasteiger partial charge is 0.258 e. The van der Waals surface area contributed by atoms with Crippen LogP contribution in [0.1, 0.15) is 24.1 Å². The van der Waals surface area contributed by atoms with E-state index in [1.807, 2.05) is 30.3 Å². The van der Waals surface area contributed by atoms with Crippen LogP contribution in [0, 0.1) is 0 Å². The molecule has 0 aliphatic carbocycles. The highest BCUT2D eigenvalue weighted by molar-refractivity contribution is 5.77. The van der Waals surface area contributed by atoms with Crippen molar-refractivity contribution in [1.82, 2.24) is 10.2 Å². The number of nitrogens with zero attached hydrogens (tertiary/aromatic N) is 1. The lowest BCUT2D eigenvalue weighted by molar-refractivity contribution is -0.123. The molecule has 3 rings (SSSR count). The Hall–Kier alpha value is -2.37. The Morgan fingerprint density at radius 1 is 1.11 bits per heavy atom. The van der Waals surface area contributed by atoms with Crippen LogP contribution in [0.3, 0.4) is 0 Å². The first-order valence-electron chi connectivity index (χ1n) is 9.61. The third kappa shape index (κ3) is 5.81. The van der Waals surface area contributed by atoms with E-state index in [1.165, 1.54) is 11.1 Å². The molecule has 2 aromatic rings. The van der Waals surface area contributed by atoms with E-state index in [0.717, 1.165) is 32.7 Å². The van der Waals surface area contributed by atoms with E-state index in [9.17, 15) is 4.79 Å². The number of hydrogen-bond donors (Lipinski definition) is 1. The van der Waals surface area contributed by atoms with Gasteiger partial charge in [-0.1, -0.05) is 49.4 Å². The molecule has 1 amide bonds. The van der Waals surface area contributed by atoms with Gasteiger partial charge in [0.25, 0.3) is 5.91 Å². The van der Waals surface area contributed by atoms with E-state index in [4.69, 9.17) is 9.47 Å². The van der Waals surface area contributed by atoms with Gasteiger partial charge in [0.1, 0.15) is 5.75 Å². The Balaban J connectivity index is 1.59. The lowest BCUT2D eigenvalue weighted by atomic mass is 10.0. The average Bonchev–Trinajstić information content (AvgIpc) is 2.74. The van der Waals surface area contributed by atoms with Gasteiger partial charge in [-0.25, -0.2) is 0 Å². The van der Waals surface area contributed by atoms with Crippen LogP contribution in [0.25, 0.3) is 0 Å². The van der Waals surface area contributed by atoms with Crippen LogP contribution in [0.15, 0.2) is 54.6 Å². The van der Waals surface area contributed by atoms with Crippen molar-refractivity contribution >= 4 is 5.91 Å². The normalized spacial score (nSPS) is 15.9. The molecule has 0 aromatic heterocycles. The van der Waals surface area contributed by atoms with Crippen LogP contribution >= 0.6 is 0 Å². The molecule has 1 unspecified atom stereocenters. The topological polar surface area (TPSA) is 50.8 Å². The first kappa shape index (κ1) is 19.4. The molecular weight excluding hydrogens is 340 g/mol. The van der Waals surface area contributed by atoms with Crippen molar-refractivity contribution in [2.45, 2.75) is 19.4 Å². The highest BCUT2D eigenvalue weighted by Crippen LogP contribution is 2.22. The number of rotatable bonds is 8. The fourth-order valence-corrected chi connectivity index (χ4v) is 3.25. The van der Waals surface area contributed by atoms with Gasteiger partial charge in [-0.3, -0.25) is 9.69 Å². The average molecular weight is 368 g/mol. The molecule has 1 heterocycles. The van der Waals surface area contributed by atoms with E-state index in [2.05, 4.69) is 41.4 Å². The molecule has 1 fully saturated rings. The summed E-state index contributed by atoms with van der Waals surface area (Å²) < 4.78 is 11.0. The minimum Gasteiger partial charge on any atom is -0.484 e. The second-order valence-electron chi connectivity index (χ2n) is 6.67. The molecule has 2 aromatic carbocycles. The standard InChI is InChI=1S/C22H28N2O3/c1-2-18-8-10-19(11-9-18)21(24-12-14-26-15-13-24)16-23-22(25)17-27-20-6-4-3-5-7-20/h3-11,21H,2,12-17H2,1H3,(H,23,25). The third-order valence-electron chi connectivity index (χ3n) is 4.86. The van der Waals surface area contributed by atoms with E-state index in [-0.39, 0.29) is 18.6 Å². The van der Waals surface area contributed by atoms with Gasteiger partial charge in [0.05, 0.1) is 19.3 Å². The molecular formula is C22H28N2O3. The van der Waals surface area contributed by atoms with E-state index in [1.54, 1.807) is 0 Å². The Bertz CT molecular complexity index is 697. The zero-order valence-electron chi connectivity index (χ0n) is 15.9. The van der Waals surface area contributed by atoms with Crippen molar-refractivity contribution in [2.24, 2.45) is 0 Å². The summed E-state index contributed by atoms with van der Waals surface area (Å²) in [6.45, 7) is 5.94. The number of carbonyl (C=O) groups is 1. The second kappa shape index (κ2) is 10.1. The number of amides is 1. The van der Waals surface area contributed by atoms with Crippen LogP contribution in [0.2, 0.25) is 0 Å². The van der Waals surface area contributed by atoms with Crippen LogP contribution in [0.4, 0.5) is 0 Å². The van der Waals surface area contributed by atoms with Crippen LogP contribution in [0.5, 0.6) is 5.75 Å². The van der Waals surface area contributed by atoms with Gasteiger partial charge in [-0.05, 0) is 29.7 Å². The molecule has 1 atom stereocenters. The summed E-state index contributed by atoms with van der Waals surface area (Å²) in [4.78, 5) is 14.6. The predicted molar refractivity (Wildman–Crippen MR) is 106 cm³/mol. The first-order valence-corrected chi connectivity index (χ1v) is 9.61. The molecule has 5 heteroatoms. The van der Waals surface area contributed by atoms with Gasteiger partial charge >= 0.3 is 0 Å². The van der Waals surface area contributed by atoms with Gasteiger partial charge in [0.15, 0.2) is 6.61 Å². The number of ether oxygens (including phenoxy) is 2. The molecule has 1 aliphatic rings. The number of hydrogen-bond acceptors (Lipinski definition) is 4. The molecule has 5 nitrogen and oxygen atoms in total. The first-order chi connectivity index (χ1) is 13.3. The minimum atomic E-state index is -0.109. The maximum Gasteiger partial charge on any atom is 0.258 e. The van der Waals surface area contributed by atoms with Crippen molar-refractivity contribution in [1.29, 1.82) is 0 Å². The molecule has 0 bridgehead atoms. The highest BCUT2D eigenvalue weighted by atomic mass is 16.5. The monoisotopic (exact) mass is 368 g/mol. The molecule has 1 aliphatic heterocycles. The summed E-state index contributed by atoms with van der Waals surface area (Å²) in [7, 11) is 0. The summed E-state index contributed by atoms with van der Waals surface area (Å²) >= 11 is 0. The second-order valence-corrected chi connectivity index (χ2v) is 6.67. The maximum absolute atomic E-state index is 12.3. The molecule has 0 saturated carbocycles. The Morgan fingerprint density at radius 3 is 2.48 bits per heavy atom. The van der Waals surface area contributed by atoms with Gasteiger partial charge in [-0.2, -0.15) is 0 Å². The van der Waals surface area contributed by atoms with Gasteiger partial charge in [-0.15, -0.1) is 0 Å². The lowest BCUT2D eigenvalue weighted by Gasteiger charge is -2.35. The van der Waals surface area contributed by atoms with E-state index in [0.29, 0.717) is 12.3 Å². The number of morpholine rings is 1. The number of para-hydroxylation sites is 1. The minimum absolute atomic E-state index is 0.0224. The fraction of sp³-hybridized carbons (Fsp3) is 0.409. The fourth-order valence-electron chi connectivity index (χ4n) is 3.25. The van der Waals surface area contributed by atoms with Crippen LogP contribution in [-0.2, 0) is 16.0 Å². The number of benzene rings is 2. The molecule has 0 spiro atoms. The van der Waals surface area contributed by atoms with Crippen molar-refractivity contribution < 1.29 is 14.3 Å². The van der Waals surface area contributed by atoms with Gasteiger partial charge < -0.3 is 14.8 Å². The van der Waals surface area contributed by atoms with E-state index < -0.39 is 0 Å². The molecule has 144 valence electrons. The number of nitrogens with one attached hydrogen (secondary N) is 1. The maximum atomic E-state index is 12.3. The summed E-state index contributed by atoms with van der Waals surface area (Å²) in [5.41, 5.74) is 2.54. The van der Waals surface area contributed by atoms with Crippen molar-refractivity contribution in [3.8, 4) is 5.75 Å². The summed E-state index contributed by atoms with van der Waals surface area (Å²) in [5.74, 6) is 0.592. The highest BCUT2D eigenvalue weighted by Gasteiger charge is 2.23. The van der Waals surface area contributed by atoms with Crippen molar-refractivity contribution in [2.75, 3.05) is 39.5 Å². The molecule has 1 saturated heterocycles. The molecule has 27 heavy (non-hydrogen) atoms. The number of aryl methyl sites for hydroxylation is 1. The summed E-state index contributed by atoms with van der Waals surface area (Å²) in [5, 5.41) is 3.03. The summed E-state index contributed by atoms with van der Waals surface area (Å²) in [6, 6.07) is 18.2. The third-order valence-corrected chi connectivity index (χ3v) is 4.86. The summed E-state index contributed by atoms with van der Waals surface area (Å²) in [6.07, 6.45) is 1.02. The van der Waals surface area contributed by atoms with Crippen molar-refractivity contribution in [3.63, 3.8) is 0 Å². The van der Waals surface area contributed by atoms with Crippen LogP contribution < -0.4 is 10.1 Å². The Morgan fingerprint density at radius 2 is 1.81 bits per heavy atom. The zero-order valence-corrected chi connectivity index (χ0v) is 15.9. The van der Waals surface area contributed by atoms with E-state index >= 15 is 0 Å². The number of carbonyl (C=O) groups excluding carboxylic acids is 1. The molecule has 1 N–H and O–H groups in total. The Labute approximate surface area is 161 Å². The molecule has 0 radical (unpaired) electrons. The zero-order chi connectivity index (χ0) is 18.9. The predicted octanol–water partition coefficient (Wildman–Crippen LogP) is 2.82. The van der Waals surface area contributed by atoms with Gasteiger partial charge in [0.2, 0.25) is 0 Å². The SMILES string of the molecule is CCc1ccc(C(CNC(=O)COc2ccccc2)N2CCOCC2)cc1. The Kier molecular flexibility index (Phi) is 7.25. The lowest BCUT2D eigenvalue weighted by Crippen LogP contribution is -2.44.